The number of aromatic nitrogens is 5. The zero-order valence-corrected chi connectivity index (χ0v) is 18.1. The summed E-state index contributed by atoms with van der Waals surface area (Å²) in [5.41, 5.74) is 2.02. The Morgan fingerprint density at radius 2 is 1.78 bits per heavy atom. The maximum Gasteiger partial charge on any atom is 0.306 e. The van der Waals surface area contributed by atoms with E-state index in [-0.39, 0.29) is 24.7 Å². The van der Waals surface area contributed by atoms with Crippen LogP contribution in [0.3, 0.4) is 0 Å². The predicted octanol–water partition coefficient (Wildman–Crippen LogP) is 1.21. The molecule has 1 saturated heterocycles. The molecular formula is C21H25N7O4. The molecule has 0 bridgehead atoms. The van der Waals surface area contributed by atoms with E-state index in [4.69, 9.17) is 9.47 Å². The number of rotatable bonds is 7. The van der Waals surface area contributed by atoms with Crippen LogP contribution in [0.4, 0.5) is 5.82 Å². The van der Waals surface area contributed by atoms with Crippen LogP contribution in [-0.2, 0) is 14.3 Å². The zero-order chi connectivity index (χ0) is 22.5. The van der Waals surface area contributed by atoms with Gasteiger partial charge in [0.2, 0.25) is 5.91 Å². The van der Waals surface area contributed by atoms with Gasteiger partial charge in [-0.1, -0.05) is 5.21 Å². The molecule has 3 aromatic rings. The first kappa shape index (κ1) is 21.5. The standard InChI is InChI=1S/C21H25N7O4/c1-3-32-18(30)9-8-17(29)26-10-12-27(13-11-26)20-19-21(23-14-22-20)28(25-24-19)15-4-6-16(31-2)7-5-15/h4-7,14H,3,8-13H2,1-2H3. The number of carbonyl (C=O) groups is 2. The number of anilines is 1. The molecule has 0 atom stereocenters. The average Bonchev–Trinajstić information content (AvgIpc) is 3.27. The summed E-state index contributed by atoms with van der Waals surface area (Å²) in [5.74, 6) is 1.05. The van der Waals surface area contributed by atoms with Gasteiger partial charge in [0, 0.05) is 32.6 Å². The van der Waals surface area contributed by atoms with Crippen LogP contribution >= 0.6 is 0 Å². The van der Waals surface area contributed by atoms with Gasteiger partial charge in [-0.3, -0.25) is 9.59 Å². The van der Waals surface area contributed by atoms with E-state index in [0.717, 1.165) is 11.4 Å². The minimum Gasteiger partial charge on any atom is -0.497 e. The molecule has 11 nitrogen and oxygen atoms in total. The predicted molar refractivity (Wildman–Crippen MR) is 116 cm³/mol. The zero-order valence-electron chi connectivity index (χ0n) is 18.1. The van der Waals surface area contributed by atoms with Crippen molar-refractivity contribution in [2.45, 2.75) is 19.8 Å². The molecule has 0 N–H and O–H groups in total. The highest BCUT2D eigenvalue weighted by molar-refractivity contribution is 5.84. The molecular weight excluding hydrogens is 414 g/mol. The quantitative estimate of drug-likeness (QED) is 0.501. The van der Waals surface area contributed by atoms with Crippen LogP contribution in [0.15, 0.2) is 30.6 Å². The van der Waals surface area contributed by atoms with E-state index in [0.29, 0.717) is 49.8 Å². The van der Waals surface area contributed by atoms with Gasteiger partial charge < -0.3 is 19.3 Å². The number of hydrogen-bond acceptors (Lipinski definition) is 9. The van der Waals surface area contributed by atoms with Crippen LogP contribution in [-0.4, -0.2) is 81.6 Å². The highest BCUT2D eigenvalue weighted by Gasteiger charge is 2.25. The van der Waals surface area contributed by atoms with Gasteiger partial charge in [0.15, 0.2) is 17.0 Å². The van der Waals surface area contributed by atoms with Crippen molar-refractivity contribution in [2.75, 3.05) is 44.8 Å². The molecule has 2 aromatic heterocycles. The van der Waals surface area contributed by atoms with Gasteiger partial charge in [0.1, 0.15) is 12.1 Å². The van der Waals surface area contributed by atoms with Crippen molar-refractivity contribution in [3.05, 3.63) is 30.6 Å². The average molecular weight is 439 g/mol. The number of piperazine rings is 1. The van der Waals surface area contributed by atoms with E-state index < -0.39 is 0 Å². The Labute approximate surface area is 184 Å². The van der Waals surface area contributed by atoms with Crippen molar-refractivity contribution in [1.82, 2.24) is 29.9 Å². The Morgan fingerprint density at radius 3 is 2.47 bits per heavy atom. The summed E-state index contributed by atoms with van der Waals surface area (Å²) in [5, 5.41) is 8.58. The summed E-state index contributed by atoms with van der Waals surface area (Å²) >= 11 is 0. The SMILES string of the molecule is CCOC(=O)CCC(=O)N1CCN(c2ncnc3c2nnn3-c2ccc(OC)cc2)CC1. The van der Waals surface area contributed by atoms with E-state index in [1.165, 1.54) is 6.33 Å². The number of benzene rings is 1. The van der Waals surface area contributed by atoms with Gasteiger partial charge >= 0.3 is 5.97 Å². The van der Waals surface area contributed by atoms with Gasteiger partial charge in [-0.15, -0.1) is 5.10 Å². The molecule has 1 aromatic carbocycles. The lowest BCUT2D eigenvalue weighted by molar-refractivity contribution is -0.145. The smallest absolute Gasteiger partial charge is 0.306 e. The van der Waals surface area contributed by atoms with Crippen molar-refractivity contribution in [3.8, 4) is 11.4 Å². The van der Waals surface area contributed by atoms with Crippen molar-refractivity contribution >= 4 is 28.9 Å². The summed E-state index contributed by atoms with van der Waals surface area (Å²) < 4.78 is 11.8. The molecule has 4 rings (SSSR count). The molecule has 1 amide bonds. The molecule has 1 aliphatic rings. The van der Waals surface area contributed by atoms with Crippen LogP contribution in [0, 0.1) is 0 Å². The fourth-order valence-corrected chi connectivity index (χ4v) is 3.63. The maximum atomic E-state index is 12.4. The third-order valence-electron chi connectivity index (χ3n) is 5.32. The summed E-state index contributed by atoms with van der Waals surface area (Å²) in [6.45, 7) is 4.36. The largest absolute Gasteiger partial charge is 0.497 e. The normalized spacial score (nSPS) is 13.9. The molecule has 168 valence electrons. The number of ether oxygens (including phenoxy) is 2. The maximum absolute atomic E-state index is 12.4. The Hall–Kier alpha value is -3.76. The highest BCUT2D eigenvalue weighted by atomic mass is 16.5. The molecule has 0 saturated carbocycles. The topological polar surface area (TPSA) is 116 Å². The lowest BCUT2D eigenvalue weighted by Crippen LogP contribution is -2.49. The van der Waals surface area contributed by atoms with E-state index in [1.807, 2.05) is 24.3 Å². The van der Waals surface area contributed by atoms with E-state index in [2.05, 4.69) is 25.2 Å². The number of hydrogen-bond donors (Lipinski definition) is 0. The van der Waals surface area contributed by atoms with E-state index in [9.17, 15) is 9.59 Å². The molecule has 11 heteroatoms. The monoisotopic (exact) mass is 439 g/mol. The van der Waals surface area contributed by atoms with Gasteiger partial charge in [0.25, 0.3) is 0 Å². The fourth-order valence-electron chi connectivity index (χ4n) is 3.63. The van der Waals surface area contributed by atoms with Gasteiger partial charge in [-0.2, -0.15) is 4.68 Å². The molecule has 1 aliphatic heterocycles. The first-order valence-electron chi connectivity index (χ1n) is 10.5. The van der Waals surface area contributed by atoms with Crippen LogP contribution < -0.4 is 9.64 Å². The summed E-state index contributed by atoms with van der Waals surface area (Å²) in [4.78, 5) is 36.5. The first-order chi connectivity index (χ1) is 15.6. The minimum atomic E-state index is -0.345. The third kappa shape index (κ3) is 4.46. The minimum absolute atomic E-state index is 0.0454. The van der Waals surface area contributed by atoms with Gasteiger partial charge in [-0.05, 0) is 31.2 Å². The van der Waals surface area contributed by atoms with Crippen LogP contribution in [0.2, 0.25) is 0 Å². The molecule has 0 spiro atoms. The van der Waals surface area contributed by atoms with Crippen LogP contribution in [0.1, 0.15) is 19.8 Å². The number of carbonyl (C=O) groups excluding carboxylic acids is 2. The Morgan fingerprint density at radius 1 is 1.03 bits per heavy atom. The van der Waals surface area contributed by atoms with Crippen LogP contribution in [0.25, 0.3) is 16.9 Å². The van der Waals surface area contributed by atoms with Crippen molar-refractivity contribution in [1.29, 1.82) is 0 Å². The second-order valence-corrected chi connectivity index (χ2v) is 7.24. The number of amides is 1. The number of esters is 1. The third-order valence-corrected chi connectivity index (χ3v) is 5.32. The Kier molecular flexibility index (Phi) is 6.43. The number of methoxy groups -OCH3 is 1. The highest BCUT2D eigenvalue weighted by Crippen LogP contribution is 2.24. The molecule has 0 aliphatic carbocycles. The fraction of sp³-hybridized carbons (Fsp3) is 0.429. The van der Waals surface area contributed by atoms with Crippen molar-refractivity contribution in [2.24, 2.45) is 0 Å². The molecule has 32 heavy (non-hydrogen) atoms. The van der Waals surface area contributed by atoms with E-state index in [1.54, 1.807) is 23.6 Å². The lowest BCUT2D eigenvalue weighted by atomic mass is 10.2. The first-order valence-corrected chi connectivity index (χ1v) is 10.5. The number of fused-ring (bicyclic) bond motifs is 1. The number of nitrogens with zero attached hydrogens (tertiary/aromatic N) is 7. The van der Waals surface area contributed by atoms with Gasteiger partial charge in [0.05, 0.1) is 25.8 Å². The molecule has 0 unspecified atom stereocenters. The van der Waals surface area contributed by atoms with E-state index >= 15 is 0 Å². The second kappa shape index (κ2) is 9.58. The Balaban J connectivity index is 1.44. The summed E-state index contributed by atoms with van der Waals surface area (Å²) in [6, 6.07) is 7.47. The summed E-state index contributed by atoms with van der Waals surface area (Å²) in [6.07, 6.45) is 1.76. The van der Waals surface area contributed by atoms with Crippen molar-refractivity contribution < 1.29 is 19.1 Å². The molecule has 0 radical (unpaired) electrons. The Bertz CT molecular complexity index is 1090. The second-order valence-electron chi connectivity index (χ2n) is 7.24. The lowest BCUT2D eigenvalue weighted by Gasteiger charge is -2.35. The van der Waals surface area contributed by atoms with Crippen molar-refractivity contribution in [3.63, 3.8) is 0 Å². The summed E-state index contributed by atoms with van der Waals surface area (Å²) in [7, 11) is 1.62. The van der Waals surface area contributed by atoms with Crippen LogP contribution in [0.5, 0.6) is 5.75 Å². The molecule has 3 heterocycles. The molecule has 1 fully saturated rings. The van der Waals surface area contributed by atoms with Gasteiger partial charge in [-0.25, -0.2) is 9.97 Å².